The molecule has 1 aromatic carbocycles. The number of carbonyl (C=O) groups is 1. The van der Waals surface area contributed by atoms with Gasteiger partial charge in [-0.3, -0.25) is 14.7 Å². The van der Waals surface area contributed by atoms with E-state index in [-0.39, 0.29) is 30.4 Å². The summed E-state index contributed by atoms with van der Waals surface area (Å²) in [6, 6.07) is 9.34. The summed E-state index contributed by atoms with van der Waals surface area (Å²) < 4.78 is 32.7. The van der Waals surface area contributed by atoms with Crippen LogP contribution >= 0.6 is 0 Å². The number of aromatic nitrogens is 2. The van der Waals surface area contributed by atoms with E-state index in [0.717, 1.165) is 37.2 Å². The molecule has 1 aliphatic heterocycles. The maximum Gasteiger partial charge on any atom is 0.239 e. The second-order valence-corrected chi connectivity index (χ2v) is 7.91. The molecule has 0 spiro atoms. The van der Waals surface area contributed by atoms with Crippen molar-refractivity contribution in [3.8, 4) is 0 Å². The van der Waals surface area contributed by atoms with Crippen LogP contribution in [0.5, 0.6) is 0 Å². The number of hydrogen-bond acceptors (Lipinski definition) is 5. The van der Waals surface area contributed by atoms with Gasteiger partial charge in [-0.15, -0.1) is 0 Å². The van der Waals surface area contributed by atoms with E-state index in [1.807, 2.05) is 12.1 Å². The second-order valence-electron chi connectivity index (χ2n) is 7.91. The van der Waals surface area contributed by atoms with Gasteiger partial charge in [0.1, 0.15) is 17.4 Å². The van der Waals surface area contributed by atoms with Gasteiger partial charge in [-0.05, 0) is 50.1 Å². The molecular weight excluding hydrogens is 402 g/mol. The fourth-order valence-electron chi connectivity index (χ4n) is 3.94. The van der Waals surface area contributed by atoms with Crippen LogP contribution in [0.15, 0.2) is 47.1 Å². The first-order valence-corrected chi connectivity index (χ1v) is 10.3. The molecule has 0 saturated carbocycles. The molecular formula is C23H24F2N4O2. The summed E-state index contributed by atoms with van der Waals surface area (Å²) in [7, 11) is 0. The first-order chi connectivity index (χ1) is 15.0. The number of anilines is 1. The number of nitrogens with one attached hydrogen (secondary N) is 1. The molecule has 3 aromatic rings. The molecule has 2 aromatic heterocycles. The minimum Gasteiger partial charge on any atom is -0.360 e. The van der Waals surface area contributed by atoms with Crippen LogP contribution in [0, 0.1) is 18.6 Å². The number of aryl methyl sites for hydroxylation is 1. The van der Waals surface area contributed by atoms with Gasteiger partial charge in [-0.1, -0.05) is 17.3 Å². The largest absolute Gasteiger partial charge is 0.360 e. The average Bonchev–Trinajstić information content (AvgIpc) is 3.16. The van der Waals surface area contributed by atoms with E-state index >= 15 is 0 Å². The number of pyridine rings is 1. The first kappa shape index (κ1) is 21.1. The van der Waals surface area contributed by atoms with Gasteiger partial charge in [0.2, 0.25) is 5.91 Å². The van der Waals surface area contributed by atoms with Gasteiger partial charge in [-0.2, -0.15) is 0 Å². The first-order valence-electron chi connectivity index (χ1n) is 10.3. The van der Waals surface area contributed by atoms with Gasteiger partial charge < -0.3 is 9.84 Å². The molecule has 1 saturated heterocycles. The molecule has 8 heteroatoms. The standard InChI is InChI=1S/C23H24F2N4O2/c1-15-10-22(28-31-15)27-23(30)14-29-9-3-4-17(13-29)21-8-7-16(12-26-21)11-18-19(24)5-2-6-20(18)25/h2,5-8,10,12,17H,3-4,9,11,13-14H2,1H3,(H,27,28,30)/t17-/m1/s1. The quantitative estimate of drug-likeness (QED) is 0.644. The third kappa shape index (κ3) is 5.32. The summed E-state index contributed by atoms with van der Waals surface area (Å²) in [6.07, 6.45) is 3.78. The highest BCUT2D eigenvalue weighted by Crippen LogP contribution is 2.26. The van der Waals surface area contributed by atoms with E-state index in [2.05, 4.69) is 20.4 Å². The van der Waals surface area contributed by atoms with Crippen molar-refractivity contribution in [2.24, 2.45) is 0 Å². The van der Waals surface area contributed by atoms with Crippen molar-refractivity contribution in [2.45, 2.75) is 32.1 Å². The Morgan fingerprint density at radius 1 is 1.26 bits per heavy atom. The van der Waals surface area contributed by atoms with Crippen LogP contribution < -0.4 is 5.32 Å². The number of piperidine rings is 1. The lowest BCUT2D eigenvalue weighted by Gasteiger charge is -2.31. The zero-order valence-corrected chi connectivity index (χ0v) is 17.3. The lowest BCUT2D eigenvalue weighted by atomic mass is 9.93. The molecule has 6 nitrogen and oxygen atoms in total. The predicted octanol–water partition coefficient (Wildman–Crippen LogP) is 4.07. The van der Waals surface area contributed by atoms with Crippen molar-refractivity contribution < 1.29 is 18.1 Å². The summed E-state index contributed by atoms with van der Waals surface area (Å²) in [5.74, 6) is 0.0246. The van der Waals surface area contributed by atoms with Crippen molar-refractivity contribution >= 4 is 11.7 Å². The number of rotatable bonds is 6. The number of nitrogens with zero attached hydrogens (tertiary/aromatic N) is 3. The molecule has 1 amide bonds. The highest BCUT2D eigenvalue weighted by Gasteiger charge is 2.24. The minimum atomic E-state index is -0.550. The molecule has 4 rings (SSSR count). The molecule has 162 valence electrons. The Kier molecular flexibility index (Phi) is 6.36. The number of likely N-dealkylation sites (tertiary alicyclic amines) is 1. The van der Waals surface area contributed by atoms with Gasteiger partial charge >= 0.3 is 0 Å². The maximum absolute atomic E-state index is 13.9. The molecule has 1 aliphatic rings. The van der Waals surface area contributed by atoms with Crippen LogP contribution in [-0.2, 0) is 11.2 Å². The second kappa shape index (κ2) is 9.34. The Labute approximate surface area is 179 Å². The van der Waals surface area contributed by atoms with Gasteiger partial charge in [-0.25, -0.2) is 8.78 Å². The maximum atomic E-state index is 13.9. The smallest absolute Gasteiger partial charge is 0.239 e. The van der Waals surface area contributed by atoms with Crippen LogP contribution in [0.1, 0.15) is 41.3 Å². The van der Waals surface area contributed by atoms with Gasteiger partial charge in [0.25, 0.3) is 0 Å². The molecule has 31 heavy (non-hydrogen) atoms. The topological polar surface area (TPSA) is 71.3 Å². The number of halogens is 2. The molecule has 1 atom stereocenters. The normalized spacial score (nSPS) is 16.9. The highest BCUT2D eigenvalue weighted by molar-refractivity contribution is 5.91. The van der Waals surface area contributed by atoms with E-state index in [9.17, 15) is 13.6 Å². The number of carbonyl (C=O) groups excluding carboxylic acids is 1. The van der Waals surface area contributed by atoms with Crippen LogP contribution in [0.25, 0.3) is 0 Å². The summed E-state index contributed by atoms with van der Waals surface area (Å²) in [4.78, 5) is 18.9. The number of hydrogen-bond donors (Lipinski definition) is 1. The van der Waals surface area contributed by atoms with Crippen molar-refractivity contribution in [2.75, 3.05) is 25.0 Å². The Bertz CT molecular complexity index is 1030. The monoisotopic (exact) mass is 426 g/mol. The molecule has 0 unspecified atom stereocenters. The lowest BCUT2D eigenvalue weighted by molar-refractivity contribution is -0.117. The zero-order chi connectivity index (χ0) is 21.8. The fraction of sp³-hybridized carbons (Fsp3) is 0.348. The van der Waals surface area contributed by atoms with Crippen molar-refractivity contribution in [3.05, 3.63) is 76.8 Å². The summed E-state index contributed by atoms with van der Waals surface area (Å²) in [6.45, 7) is 3.60. The number of amides is 1. The van der Waals surface area contributed by atoms with E-state index < -0.39 is 11.6 Å². The van der Waals surface area contributed by atoms with Gasteiger partial charge in [0.15, 0.2) is 5.82 Å². The molecule has 0 aliphatic carbocycles. The van der Waals surface area contributed by atoms with Crippen molar-refractivity contribution in [1.82, 2.24) is 15.0 Å². The molecule has 1 fully saturated rings. The Balaban J connectivity index is 1.35. The minimum absolute atomic E-state index is 0.0502. The molecule has 1 N–H and O–H groups in total. The average molecular weight is 426 g/mol. The lowest BCUT2D eigenvalue weighted by Crippen LogP contribution is -2.40. The Hall–Kier alpha value is -3.13. The van der Waals surface area contributed by atoms with Crippen LogP contribution in [0.3, 0.4) is 0 Å². The van der Waals surface area contributed by atoms with E-state index in [1.54, 1.807) is 19.2 Å². The van der Waals surface area contributed by atoms with E-state index in [4.69, 9.17) is 4.52 Å². The molecule has 0 bridgehead atoms. The van der Waals surface area contributed by atoms with Crippen LogP contribution in [0.2, 0.25) is 0 Å². The Morgan fingerprint density at radius 2 is 2.06 bits per heavy atom. The van der Waals surface area contributed by atoms with Crippen LogP contribution in [-0.4, -0.2) is 40.6 Å². The third-order valence-corrected chi connectivity index (χ3v) is 5.48. The number of benzene rings is 1. The highest BCUT2D eigenvalue weighted by atomic mass is 19.1. The molecule has 3 heterocycles. The summed E-state index contributed by atoms with van der Waals surface area (Å²) >= 11 is 0. The van der Waals surface area contributed by atoms with E-state index in [1.165, 1.54) is 18.2 Å². The zero-order valence-electron chi connectivity index (χ0n) is 17.3. The SMILES string of the molecule is Cc1cc(NC(=O)CN2CCC[C@@H](c3ccc(Cc4c(F)cccc4F)cn3)C2)no1. The van der Waals surface area contributed by atoms with Crippen molar-refractivity contribution in [1.29, 1.82) is 0 Å². The predicted molar refractivity (Wildman–Crippen MR) is 112 cm³/mol. The summed E-state index contributed by atoms with van der Waals surface area (Å²) in [5, 5.41) is 6.52. The van der Waals surface area contributed by atoms with Gasteiger partial charge in [0.05, 0.1) is 6.54 Å². The van der Waals surface area contributed by atoms with E-state index in [0.29, 0.717) is 11.6 Å². The third-order valence-electron chi connectivity index (χ3n) is 5.48. The molecule has 0 radical (unpaired) electrons. The fourth-order valence-corrected chi connectivity index (χ4v) is 3.94. The summed E-state index contributed by atoms with van der Waals surface area (Å²) in [5.41, 5.74) is 1.73. The van der Waals surface area contributed by atoms with Gasteiger partial charge in [0, 0.05) is 42.4 Å². The van der Waals surface area contributed by atoms with Crippen LogP contribution in [0.4, 0.5) is 14.6 Å². The Morgan fingerprint density at radius 3 is 2.74 bits per heavy atom. The van der Waals surface area contributed by atoms with Crippen molar-refractivity contribution in [3.63, 3.8) is 0 Å².